The zero-order valence-electron chi connectivity index (χ0n) is 14.7. The molecule has 0 aliphatic rings. The van der Waals surface area contributed by atoms with Crippen LogP contribution in [0.5, 0.6) is 0 Å². The van der Waals surface area contributed by atoms with Crippen molar-refractivity contribution in [2.24, 2.45) is 0 Å². The molecule has 0 saturated heterocycles. The van der Waals surface area contributed by atoms with Gasteiger partial charge >= 0.3 is 0 Å². The lowest BCUT2D eigenvalue weighted by Gasteiger charge is -2.11. The number of rotatable bonds is 7. The second-order valence-corrected chi connectivity index (χ2v) is 6.09. The molecule has 1 N–H and O–H groups in total. The first-order valence-electron chi connectivity index (χ1n) is 8.13. The number of imidazole rings is 1. The first kappa shape index (κ1) is 17.2. The van der Waals surface area contributed by atoms with Gasteiger partial charge in [0.15, 0.2) is 0 Å². The van der Waals surface area contributed by atoms with Crippen molar-refractivity contribution in [3.63, 3.8) is 0 Å². The van der Waals surface area contributed by atoms with Gasteiger partial charge in [-0.15, -0.1) is 10.2 Å². The highest BCUT2D eigenvalue weighted by molar-refractivity contribution is 6.05. The highest BCUT2D eigenvalue weighted by Crippen LogP contribution is 2.22. The topological polar surface area (TPSA) is 85.2 Å². The molecule has 1 amide bonds. The summed E-state index contributed by atoms with van der Waals surface area (Å²) in [6, 6.07) is 5.42. The van der Waals surface area contributed by atoms with Gasteiger partial charge in [0, 0.05) is 37.7 Å². The summed E-state index contributed by atoms with van der Waals surface area (Å²) in [7, 11) is 5.66. The SMILES string of the molecule is COCCNC(=O)c1ccc2nnc3ncn(CCN(C)C)c3c2c1. The van der Waals surface area contributed by atoms with E-state index in [1.807, 2.05) is 26.2 Å². The fourth-order valence-corrected chi connectivity index (χ4v) is 2.62. The summed E-state index contributed by atoms with van der Waals surface area (Å²) >= 11 is 0. The molecule has 0 radical (unpaired) electrons. The fraction of sp³-hybridized carbons (Fsp3) is 0.412. The Labute approximate surface area is 145 Å². The van der Waals surface area contributed by atoms with E-state index in [0.717, 1.165) is 29.5 Å². The molecule has 3 aromatic rings. The number of ether oxygens (including phenoxy) is 1. The normalized spacial score (nSPS) is 11.5. The molecule has 8 heteroatoms. The number of likely N-dealkylation sites (N-methyl/N-ethyl adjacent to an activating group) is 1. The Balaban J connectivity index is 1.99. The van der Waals surface area contributed by atoms with E-state index in [1.165, 1.54) is 0 Å². The predicted octanol–water partition coefficient (Wildman–Crippen LogP) is 0.917. The Bertz CT molecular complexity index is 889. The number of carbonyl (C=O) groups excluding carboxylic acids is 1. The summed E-state index contributed by atoms with van der Waals surface area (Å²) < 4.78 is 7.01. The van der Waals surface area contributed by atoms with Gasteiger partial charge < -0.3 is 19.5 Å². The standard InChI is InChI=1S/C17H22N6O2/c1-22(2)7-8-23-11-19-16-15(23)13-10-12(4-5-14(13)20-21-16)17(24)18-6-9-25-3/h4-5,10-11H,6-9H2,1-3H3,(H,18,24). The van der Waals surface area contributed by atoms with Crippen LogP contribution in [-0.4, -0.2) is 71.5 Å². The molecular formula is C17H22N6O2. The third kappa shape index (κ3) is 3.75. The Morgan fingerprint density at radius 3 is 2.92 bits per heavy atom. The van der Waals surface area contributed by atoms with E-state index in [9.17, 15) is 4.79 Å². The number of hydrogen-bond acceptors (Lipinski definition) is 6. The number of nitrogens with one attached hydrogen (secondary N) is 1. The van der Waals surface area contributed by atoms with E-state index >= 15 is 0 Å². The average Bonchev–Trinajstić information content (AvgIpc) is 3.03. The van der Waals surface area contributed by atoms with Crippen LogP contribution in [0.3, 0.4) is 0 Å². The van der Waals surface area contributed by atoms with Crippen LogP contribution in [0.15, 0.2) is 24.5 Å². The van der Waals surface area contributed by atoms with Crippen LogP contribution in [-0.2, 0) is 11.3 Å². The van der Waals surface area contributed by atoms with E-state index in [1.54, 1.807) is 19.5 Å². The molecule has 2 aromatic heterocycles. The van der Waals surface area contributed by atoms with E-state index in [0.29, 0.717) is 24.4 Å². The molecule has 8 nitrogen and oxygen atoms in total. The molecule has 132 valence electrons. The van der Waals surface area contributed by atoms with Crippen molar-refractivity contribution in [3.05, 3.63) is 30.1 Å². The van der Waals surface area contributed by atoms with E-state index < -0.39 is 0 Å². The van der Waals surface area contributed by atoms with Crippen molar-refractivity contribution in [1.82, 2.24) is 30.0 Å². The highest BCUT2D eigenvalue weighted by atomic mass is 16.5. The van der Waals surface area contributed by atoms with Crippen LogP contribution in [0.4, 0.5) is 0 Å². The minimum Gasteiger partial charge on any atom is -0.383 e. The van der Waals surface area contributed by atoms with Crippen molar-refractivity contribution in [3.8, 4) is 0 Å². The summed E-state index contributed by atoms with van der Waals surface area (Å²) in [6.45, 7) is 2.62. The number of benzene rings is 1. The van der Waals surface area contributed by atoms with Crippen molar-refractivity contribution in [2.45, 2.75) is 6.54 Å². The van der Waals surface area contributed by atoms with Crippen LogP contribution in [0, 0.1) is 0 Å². The van der Waals surface area contributed by atoms with Gasteiger partial charge in [0.2, 0.25) is 5.65 Å². The van der Waals surface area contributed by atoms with Gasteiger partial charge in [-0.3, -0.25) is 4.79 Å². The lowest BCUT2D eigenvalue weighted by Crippen LogP contribution is -2.26. The molecule has 0 saturated carbocycles. The van der Waals surface area contributed by atoms with E-state index in [2.05, 4.69) is 30.0 Å². The molecule has 2 heterocycles. The third-order valence-electron chi connectivity index (χ3n) is 3.96. The zero-order valence-corrected chi connectivity index (χ0v) is 14.7. The van der Waals surface area contributed by atoms with Crippen molar-refractivity contribution in [2.75, 3.05) is 40.9 Å². The van der Waals surface area contributed by atoms with Crippen LogP contribution in [0.2, 0.25) is 0 Å². The second kappa shape index (κ2) is 7.54. The molecular weight excluding hydrogens is 320 g/mol. The number of hydrogen-bond donors (Lipinski definition) is 1. The first-order valence-corrected chi connectivity index (χ1v) is 8.13. The highest BCUT2D eigenvalue weighted by Gasteiger charge is 2.13. The molecule has 0 aliphatic carbocycles. The van der Waals surface area contributed by atoms with Crippen LogP contribution >= 0.6 is 0 Å². The molecule has 25 heavy (non-hydrogen) atoms. The maximum absolute atomic E-state index is 12.3. The van der Waals surface area contributed by atoms with Gasteiger partial charge in [-0.2, -0.15) is 0 Å². The monoisotopic (exact) mass is 342 g/mol. The van der Waals surface area contributed by atoms with Gasteiger partial charge in [0.25, 0.3) is 5.91 Å². The van der Waals surface area contributed by atoms with Crippen LogP contribution < -0.4 is 5.32 Å². The minimum atomic E-state index is -0.136. The number of amides is 1. The van der Waals surface area contributed by atoms with Gasteiger partial charge in [-0.1, -0.05) is 0 Å². The quantitative estimate of drug-likeness (QED) is 0.643. The summed E-state index contributed by atoms with van der Waals surface area (Å²) in [5.74, 6) is -0.136. The lowest BCUT2D eigenvalue weighted by molar-refractivity contribution is 0.0937. The molecule has 0 bridgehead atoms. The van der Waals surface area contributed by atoms with Gasteiger partial charge in [0.05, 0.1) is 24.0 Å². The van der Waals surface area contributed by atoms with Crippen molar-refractivity contribution < 1.29 is 9.53 Å². The Hall–Kier alpha value is -2.58. The number of nitrogens with zero attached hydrogens (tertiary/aromatic N) is 5. The first-order chi connectivity index (χ1) is 12.1. The van der Waals surface area contributed by atoms with E-state index in [4.69, 9.17) is 4.74 Å². The summed E-state index contributed by atoms with van der Waals surface area (Å²) in [6.07, 6.45) is 1.77. The lowest BCUT2D eigenvalue weighted by atomic mass is 10.1. The van der Waals surface area contributed by atoms with Crippen molar-refractivity contribution >= 4 is 28.0 Å². The number of aromatic nitrogens is 4. The average molecular weight is 342 g/mol. The fourth-order valence-electron chi connectivity index (χ4n) is 2.62. The molecule has 0 spiro atoms. The second-order valence-electron chi connectivity index (χ2n) is 6.09. The van der Waals surface area contributed by atoms with Crippen LogP contribution in [0.25, 0.3) is 22.1 Å². The van der Waals surface area contributed by atoms with Crippen LogP contribution in [0.1, 0.15) is 10.4 Å². The minimum absolute atomic E-state index is 0.136. The summed E-state index contributed by atoms with van der Waals surface area (Å²) in [5, 5.41) is 12.1. The number of fused-ring (bicyclic) bond motifs is 3. The van der Waals surface area contributed by atoms with Gasteiger partial charge in [0.1, 0.15) is 0 Å². The smallest absolute Gasteiger partial charge is 0.251 e. The largest absolute Gasteiger partial charge is 0.383 e. The molecule has 1 aromatic carbocycles. The molecule has 0 atom stereocenters. The Morgan fingerprint density at radius 2 is 2.16 bits per heavy atom. The number of carbonyl (C=O) groups is 1. The number of methoxy groups -OCH3 is 1. The van der Waals surface area contributed by atoms with Gasteiger partial charge in [-0.05, 0) is 32.3 Å². The Morgan fingerprint density at radius 1 is 1.32 bits per heavy atom. The maximum Gasteiger partial charge on any atom is 0.251 e. The van der Waals surface area contributed by atoms with Gasteiger partial charge in [-0.25, -0.2) is 4.98 Å². The Kier molecular flexibility index (Phi) is 5.20. The van der Waals surface area contributed by atoms with Crippen molar-refractivity contribution in [1.29, 1.82) is 0 Å². The predicted molar refractivity (Wildman–Crippen MR) is 95.6 cm³/mol. The third-order valence-corrected chi connectivity index (χ3v) is 3.96. The molecule has 0 fully saturated rings. The molecule has 3 rings (SSSR count). The summed E-state index contributed by atoms with van der Waals surface area (Å²) in [4.78, 5) is 18.7. The summed E-state index contributed by atoms with van der Waals surface area (Å²) in [5.41, 5.74) is 2.81. The van der Waals surface area contributed by atoms with E-state index in [-0.39, 0.29) is 5.91 Å². The maximum atomic E-state index is 12.3. The molecule has 0 aliphatic heterocycles. The molecule has 0 unspecified atom stereocenters. The zero-order chi connectivity index (χ0) is 17.8.